The molecule has 4 rings (SSSR count). The van der Waals surface area contributed by atoms with Crippen molar-refractivity contribution in [3.63, 3.8) is 0 Å². The number of nitrogens with one attached hydrogen (secondary N) is 1. The Morgan fingerprint density at radius 1 is 1.06 bits per heavy atom. The van der Waals surface area contributed by atoms with Gasteiger partial charge in [0, 0.05) is 42.5 Å². The summed E-state index contributed by atoms with van der Waals surface area (Å²) in [5.41, 5.74) is 3.93. The number of amides is 1. The molecule has 0 bridgehead atoms. The van der Waals surface area contributed by atoms with Gasteiger partial charge in [-0.25, -0.2) is 9.50 Å². The number of carbonyl (C=O) groups excluding carboxylic acids is 1. The Labute approximate surface area is 191 Å². The van der Waals surface area contributed by atoms with Crippen molar-refractivity contribution in [3.05, 3.63) is 71.4 Å². The molecule has 32 heavy (non-hydrogen) atoms. The molecule has 0 fully saturated rings. The van der Waals surface area contributed by atoms with E-state index < -0.39 is 0 Å². The van der Waals surface area contributed by atoms with Crippen molar-refractivity contribution in [2.75, 3.05) is 27.4 Å². The summed E-state index contributed by atoms with van der Waals surface area (Å²) >= 11 is 6.02. The number of aromatic nitrogens is 3. The van der Waals surface area contributed by atoms with Gasteiger partial charge in [0.25, 0.3) is 5.91 Å². The van der Waals surface area contributed by atoms with Crippen LogP contribution in [0.5, 0.6) is 5.75 Å². The average Bonchev–Trinajstić information content (AvgIpc) is 3.25. The fourth-order valence-corrected chi connectivity index (χ4v) is 3.53. The van der Waals surface area contributed by atoms with Gasteiger partial charge >= 0.3 is 0 Å². The molecule has 1 N–H and O–H groups in total. The maximum absolute atomic E-state index is 13.1. The van der Waals surface area contributed by atoms with E-state index in [1.165, 1.54) is 0 Å². The number of ether oxygens (including phenoxy) is 2. The topological polar surface area (TPSA) is 77.8 Å². The number of carbonyl (C=O) groups is 1. The highest BCUT2D eigenvalue weighted by Crippen LogP contribution is 2.30. The molecule has 0 saturated carbocycles. The van der Waals surface area contributed by atoms with Crippen LogP contribution in [-0.4, -0.2) is 47.9 Å². The van der Waals surface area contributed by atoms with E-state index in [-0.39, 0.29) is 5.91 Å². The lowest BCUT2D eigenvalue weighted by atomic mass is 10.1. The molecule has 8 heteroatoms. The van der Waals surface area contributed by atoms with Crippen molar-refractivity contribution >= 4 is 23.2 Å². The first-order chi connectivity index (χ1) is 15.6. The van der Waals surface area contributed by atoms with Crippen LogP contribution in [0.4, 0.5) is 0 Å². The van der Waals surface area contributed by atoms with Crippen LogP contribution in [0, 0.1) is 0 Å². The van der Waals surface area contributed by atoms with E-state index in [0.717, 1.165) is 11.1 Å². The lowest BCUT2D eigenvalue weighted by Gasteiger charge is -2.11. The third-order valence-electron chi connectivity index (χ3n) is 4.99. The molecule has 2 heterocycles. The first-order valence-electron chi connectivity index (χ1n) is 10.2. The molecule has 0 aliphatic rings. The van der Waals surface area contributed by atoms with Gasteiger partial charge in [-0.1, -0.05) is 35.9 Å². The Kier molecular flexibility index (Phi) is 6.68. The molecule has 164 valence electrons. The van der Waals surface area contributed by atoms with E-state index in [4.69, 9.17) is 26.1 Å². The van der Waals surface area contributed by atoms with E-state index in [0.29, 0.717) is 53.1 Å². The molecule has 2 aromatic heterocycles. The molecule has 0 atom stereocenters. The minimum absolute atomic E-state index is 0.240. The van der Waals surface area contributed by atoms with E-state index in [1.54, 1.807) is 36.9 Å². The van der Waals surface area contributed by atoms with Crippen LogP contribution in [0.15, 0.2) is 60.7 Å². The number of halogens is 1. The zero-order chi connectivity index (χ0) is 22.5. The standard InChI is InChI=1S/C24H23ClN4O3/c1-31-13-5-12-26-24(30)21-14-20(18-6-3-4-7-22(18)32-2)27-23-15-19(28-29(21)23)16-8-10-17(25)11-9-16/h3-4,6-11,14-15H,5,12-13H2,1-2H3,(H,26,30). The smallest absolute Gasteiger partial charge is 0.270 e. The van der Waals surface area contributed by atoms with Crippen LogP contribution in [-0.2, 0) is 4.74 Å². The molecule has 1 amide bonds. The zero-order valence-electron chi connectivity index (χ0n) is 17.8. The van der Waals surface area contributed by atoms with Gasteiger partial charge in [0.2, 0.25) is 0 Å². The lowest BCUT2D eigenvalue weighted by Crippen LogP contribution is -2.27. The second-order valence-corrected chi connectivity index (χ2v) is 7.57. The minimum Gasteiger partial charge on any atom is -0.496 e. The quantitative estimate of drug-likeness (QED) is 0.400. The number of fused-ring (bicyclic) bond motifs is 1. The molecular weight excluding hydrogens is 428 g/mol. The molecular formula is C24H23ClN4O3. The van der Waals surface area contributed by atoms with Crippen molar-refractivity contribution in [2.24, 2.45) is 0 Å². The number of methoxy groups -OCH3 is 2. The lowest BCUT2D eigenvalue weighted by molar-refractivity contribution is 0.0941. The van der Waals surface area contributed by atoms with Gasteiger partial charge in [-0.15, -0.1) is 0 Å². The summed E-state index contributed by atoms with van der Waals surface area (Å²) in [4.78, 5) is 17.8. The van der Waals surface area contributed by atoms with Gasteiger partial charge in [-0.3, -0.25) is 4.79 Å². The predicted molar refractivity (Wildman–Crippen MR) is 124 cm³/mol. The predicted octanol–water partition coefficient (Wildman–Crippen LogP) is 4.49. The number of hydrogen-bond acceptors (Lipinski definition) is 5. The highest BCUT2D eigenvalue weighted by atomic mass is 35.5. The van der Waals surface area contributed by atoms with Gasteiger partial charge < -0.3 is 14.8 Å². The number of nitrogens with zero attached hydrogens (tertiary/aromatic N) is 3. The monoisotopic (exact) mass is 450 g/mol. The first kappa shape index (κ1) is 21.8. The molecule has 0 aliphatic carbocycles. The largest absolute Gasteiger partial charge is 0.496 e. The summed E-state index contributed by atoms with van der Waals surface area (Å²) in [5.74, 6) is 0.434. The number of benzene rings is 2. The molecule has 0 saturated heterocycles. The van der Waals surface area contributed by atoms with Crippen LogP contribution in [0.25, 0.3) is 28.2 Å². The van der Waals surface area contributed by atoms with E-state index in [9.17, 15) is 4.79 Å². The van der Waals surface area contributed by atoms with Gasteiger partial charge in [0.15, 0.2) is 5.65 Å². The molecule has 0 unspecified atom stereocenters. The van der Waals surface area contributed by atoms with E-state index in [2.05, 4.69) is 10.4 Å². The van der Waals surface area contributed by atoms with Crippen molar-refractivity contribution in [1.82, 2.24) is 19.9 Å². The van der Waals surface area contributed by atoms with Gasteiger partial charge in [0.1, 0.15) is 11.4 Å². The van der Waals surface area contributed by atoms with Crippen LogP contribution >= 0.6 is 11.6 Å². The number of rotatable bonds is 8. The summed E-state index contributed by atoms with van der Waals surface area (Å²) in [6.07, 6.45) is 0.713. The molecule has 2 aromatic carbocycles. The molecule has 7 nitrogen and oxygen atoms in total. The summed E-state index contributed by atoms with van der Waals surface area (Å²) in [7, 11) is 3.24. The third-order valence-corrected chi connectivity index (χ3v) is 5.25. The Morgan fingerprint density at radius 2 is 1.84 bits per heavy atom. The number of para-hydroxylation sites is 1. The number of hydrogen-bond donors (Lipinski definition) is 1. The Bertz CT molecular complexity index is 1240. The second kappa shape index (κ2) is 9.80. The van der Waals surface area contributed by atoms with E-state index in [1.807, 2.05) is 42.5 Å². The molecule has 0 radical (unpaired) electrons. The maximum Gasteiger partial charge on any atom is 0.270 e. The third kappa shape index (κ3) is 4.59. The molecule has 0 aliphatic heterocycles. The van der Waals surface area contributed by atoms with Gasteiger partial charge in [-0.05, 0) is 36.8 Å². The summed E-state index contributed by atoms with van der Waals surface area (Å²) in [5, 5.41) is 8.23. The normalized spacial score (nSPS) is 11.0. The average molecular weight is 451 g/mol. The molecule has 4 aromatic rings. The highest BCUT2D eigenvalue weighted by molar-refractivity contribution is 6.30. The van der Waals surface area contributed by atoms with Crippen LogP contribution < -0.4 is 10.1 Å². The SMILES string of the molecule is COCCCNC(=O)c1cc(-c2ccccc2OC)nc2cc(-c3ccc(Cl)cc3)nn12. The van der Waals surface area contributed by atoms with Crippen LogP contribution in [0.2, 0.25) is 5.02 Å². The van der Waals surface area contributed by atoms with Crippen molar-refractivity contribution in [1.29, 1.82) is 0 Å². The van der Waals surface area contributed by atoms with Crippen LogP contribution in [0.1, 0.15) is 16.9 Å². The maximum atomic E-state index is 13.1. The van der Waals surface area contributed by atoms with Crippen molar-refractivity contribution < 1.29 is 14.3 Å². The Morgan fingerprint density at radius 3 is 2.59 bits per heavy atom. The Hall–Kier alpha value is -3.42. The summed E-state index contributed by atoms with van der Waals surface area (Å²) < 4.78 is 12.1. The fourth-order valence-electron chi connectivity index (χ4n) is 3.40. The summed E-state index contributed by atoms with van der Waals surface area (Å²) in [6.45, 7) is 1.06. The van der Waals surface area contributed by atoms with Gasteiger partial charge in [0.05, 0.1) is 18.5 Å². The minimum atomic E-state index is -0.240. The first-order valence-corrected chi connectivity index (χ1v) is 10.6. The Balaban J connectivity index is 1.81. The van der Waals surface area contributed by atoms with Crippen LogP contribution in [0.3, 0.4) is 0 Å². The van der Waals surface area contributed by atoms with E-state index >= 15 is 0 Å². The highest BCUT2D eigenvalue weighted by Gasteiger charge is 2.18. The fraction of sp³-hybridized carbons (Fsp3) is 0.208. The van der Waals surface area contributed by atoms with Crippen molar-refractivity contribution in [2.45, 2.75) is 6.42 Å². The van der Waals surface area contributed by atoms with Crippen molar-refractivity contribution in [3.8, 4) is 28.3 Å². The van der Waals surface area contributed by atoms with Gasteiger partial charge in [-0.2, -0.15) is 5.10 Å². The zero-order valence-corrected chi connectivity index (χ0v) is 18.6. The summed E-state index contributed by atoms with van der Waals surface area (Å²) in [6, 6.07) is 18.5. The molecule has 0 spiro atoms. The second-order valence-electron chi connectivity index (χ2n) is 7.14.